The number of nitrogens with zero attached hydrogens (tertiary/aromatic N) is 5. The summed E-state index contributed by atoms with van der Waals surface area (Å²) in [4.78, 5) is 23.1. The van der Waals surface area contributed by atoms with Gasteiger partial charge in [0.05, 0.1) is 11.4 Å². The molecule has 0 bridgehead atoms. The number of hydrogen-bond acceptors (Lipinski definition) is 4. The molecule has 3 aromatic rings. The zero-order valence-corrected chi connectivity index (χ0v) is 13.4. The molecule has 0 fully saturated rings. The molecule has 6 heteroatoms. The minimum atomic E-state index is -0.0123. The van der Waals surface area contributed by atoms with Gasteiger partial charge in [-0.2, -0.15) is 5.10 Å². The Hall–Kier alpha value is -3.02. The Bertz CT molecular complexity index is 887. The molecule has 1 aliphatic rings. The predicted molar refractivity (Wildman–Crippen MR) is 89.1 cm³/mol. The van der Waals surface area contributed by atoms with Crippen molar-refractivity contribution in [2.75, 3.05) is 6.54 Å². The Morgan fingerprint density at radius 2 is 2.04 bits per heavy atom. The molecule has 0 unspecified atom stereocenters. The van der Waals surface area contributed by atoms with Gasteiger partial charge >= 0.3 is 0 Å². The molecule has 1 aromatic carbocycles. The molecular weight excluding hydrogens is 302 g/mol. The van der Waals surface area contributed by atoms with Crippen molar-refractivity contribution in [1.29, 1.82) is 0 Å². The van der Waals surface area contributed by atoms with Crippen LogP contribution in [0.4, 0.5) is 0 Å². The molecule has 6 nitrogen and oxygen atoms in total. The SMILES string of the molecule is Cn1nc(-c2ccccc2)cc1C(=O)N1CCc2ncncc2C1. The number of rotatable bonds is 2. The molecule has 120 valence electrons. The van der Waals surface area contributed by atoms with Crippen LogP contribution in [0.5, 0.6) is 0 Å². The van der Waals surface area contributed by atoms with E-state index in [1.54, 1.807) is 24.3 Å². The second-order valence-corrected chi connectivity index (χ2v) is 5.88. The highest BCUT2D eigenvalue weighted by Gasteiger charge is 2.25. The molecule has 0 aliphatic carbocycles. The van der Waals surface area contributed by atoms with Crippen molar-refractivity contribution in [3.8, 4) is 11.3 Å². The zero-order chi connectivity index (χ0) is 16.5. The largest absolute Gasteiger partial charge is 0.332 e. The van der Waals surface area contributed by atoms with E-state index >= 15 is 0 Å². The molecule has 0 saturated heterocycles. The summed E-state index contributed by atoms with van der Waals surface area (Å²) in [7, 11) is 1.81. The van der Waals surface area contributed by atoms with Gasteiger partial charge in [0.25, 0.3) is 5.91 Å². The van der Waals surface area contributed by atoms with Crippen molar-refractivity contribution in [3.63, 3.8) is 0 Å². The highest BCUT2D eigenvalue weighted by Crippen LogP contribution is 2.22. The number of aryl methyl sites for hydroxylation is 1. The molecule has 3 heterocycles. The second-order valence-electron chi connectivity index (χ2n) is 5.88. The maximum atomic E-state index is 12.9. The molecule has 0 atom stereocenters. The van der Waals surface area contributed by atoms with E-state index < -0.39 is 0 Å². The van der Waals surface area contributed by atoms with E-state index in [2.05, 4.69) is 15.1 Å². The predicted octanol–water partition coefficient (Wildman–Crippen LogP) is 2.08. The van der Waals surface area contributed by atoms with Crippen LogP contribution in [-0.2, 0) is 20.0 Å². The number of carbonyl (C=O) groups is 1. The molecule has 1 amide bonds. The lowest BCUT2D eigenvalue weighted by atomic mass is 10.1. The lowest BCUT2D eigenvalue weighted by molar-refractivity contribution is 0.0722. The zero-order valence-electron chi connectivity index (χ0n) is 13.4. The summed E-state index contributed by atoms with van der Waals surface area (Å²) in [6.45, 7) is 1.20. The first-order chi connectivity index (χ1) is 11.7. The Kier molecular flexibility index (Phi) is 3.57. The van der Waals surface area contributed by atoms with E-state index in [4.69, 9.17) is 0 Å². The van der Waals surface area contributed by atoms with Gasteiger partial charge in [0.1, 0.15) is 12.0 Å². The Balaban J connectivity index is 1.61. The fraction of sp³-hybridized carbons (Fsp3) is 0.222. The quantitative estimate of drug-likeness (QED) is 0.725. The third-order valence-electron chi connectivity index (χ3n) is 4.32. The first-order valence-corrected chi connectivity index (χ1v) is 7.89. The highest BCUT2D eigenvalue weighted by atomic mass is 16.2. The van der Waals surface area contributed by atoms with Crippen LogP contribution in [0.25, 0.3) is 11.3 Å². The van der Waals surface area contributed by atoms with Crippen molar-refractivity contribution < 1.29 is 4.79 Å². The minimum absolute atomic E-state index is 0.0123. The number of hydrogen-bond donors (Lipinski definition) is 0. The Morgan fingerprint density at radius 3 is 2.88 bits per heavy atom. The summed E-state index contributed by atoms with van der Waals surface area (Å²) in [5.41, 5.74) is 4.45. The highest BCUT2D eigenvalue weighted by molar-refractivity contribution is 5.93. The molecular formula is C18H17N5O. The van der Waals surface area contributed by atoms with Crippen molar-refractivity contribution >= 4 is 5.91 Å². The normalized spacial score (nSPS) is 13.6. The third-order valence-corrected chi connectivity index (χ3v) is 4.32. The molecule has 2 aromatic heterocycles. The number of aromatic nitrogens is 4. The Labute approximate surface area is 139 Å². The fourth-order valence-corrected chi connectivity index (χ4v) is 3.02. The maximum absolute atomic E-state index is 12.9. The number of fused-ring (bicyclic) bond motifs is 1. The minimum Gasteiger partial charge on any atom is -0.332 e. The van der Waals surface area contributed by atoms with Crippen LogP contribution in [0, 0.1) is 0 Å². The average molecular weight is 319 g/mol. The molecule has 0 radical (unpaired) electrons. The summed E-state index contributed by atoms with van der Waals surface area (Å²) < 4.78 is 1.65. The van der Waals surface area contributed by atoms with Gasteiger partial charge in [0.2, 0.25) is 0 Å². The first-order valence-electron chi connectivity index (χ1n) is 7.89. The monoisotopic (exact) mass is 319 g/mol. The molecule has 24 heavy (non-hydrogen) atoms. The van der Waals surface area contributed by atoms with Crippen molar-refractivity contribution in [3.05, 3.63) is 65.9 Å². The van der Waals surface area contributed by atoms with Crippen LogP contribution < -0.4 is 0 Å². The topological polar surface area (TPSA) is 63.9 Å². The van der Waals surface area contributed by atoms with Crippen LogP contribution in [0.1, 0.15) is 21.7 Å². The average Bonchev–Trinajstić information content (AvgIpc) is 3.03. The van der Waals surface area contributed by atoms with Crippen molar-refractivity contribution in [2.24, 2.45) is 7.05 Å². The van der Waals surface area contributed by atoms with E-state index in [0.29, 0.717) is 18.8 Å². The number of amides is 1. The van der Waals surface area contributed by atoms with Crippen LogP contribution in [0.2, 0.25) is 0 Å². The maximum Gasteiger partial charge on any atom is 0.272 e. The first kappa shape index (κ1) is 14.6. The summed E-state index contributed by atoms with van der Waals surface area (Å²) in [5.74, 6) is -0.0123. The molecule has 0 N–H and O–H groups in total. The van der Waals surface area contributed by atoms with Gasteiger partial charge in [0, 0.05) is 43.9 Å². The second kappa shape index (κ2) is 5.88. The third kappa shape index (κ3) is 2.56. The summed E-state index contributed by atoms with van der Waals surface area (Å²) in [5, 5.41) is 4.49. The molecule has 0 saturated carbocycles. The summed E-state index contributed by atoms with van der Waals surface area (Å²) in [6, 6.07) is 11.7. The van der Waals surface area contributed by atoms with E-state index in [0.717, 1.165) is 28.9 Å². The van der Waals surface area contributed by atoms with Crippen molar-refractivity contribution in [1.82, 2.24) is 24.6 Å². The standard InChI is InChI=1S/C18H17N5O/c1-22-17(9-16(21-22)13-5-3-2-4-6-13)18(24)23-8-7-15-14(11-23)10-19-12-20-15/h2-6,9-10,12H,7-8,11H2,1H3. The lowest BCUT2D eigenvalue weighted by Crippen LogP contribution is -2.37. The van der Waals surface area contributed by atoms with Gasteiger partial charge in [-0.1, -0.05) is 30.3 Å². The van der Waals surface area contributed by atoms with Gasteiger partial charge in [-0.3, -0.25) is 9.48 Å². The van der Waals surface area contributed by atoms with E-state index in [-0.39, 0.29) is 5.91 Å². The summed E-state index contributed by atoms with van der Waals surface area (Å²) in [6.07, 6.45) is 4.11. The van der Waals surface area contributed by atoms with E-state index in [1.807, 2.05) is 41.3 Å². The van der Waals surface area contributed by atoms with Gasteiger partial charge in [0.15, 0.2) is 0 Å². The van der Waals surface area contributed by atoms with E-state index in [1.165, 1.54) is 0 Å². The van der Waals surface area contributed by atoms with Gasteiger partial charge in [-0.15, -0.1) is 0 Å². The van der Waals surface area contributed by atoms with E-state index in [9.17, 15) is 4.79 Å². The van der Waals surface area contributed by atoms with Crippen LogP contribution >= 0.6 is 0 Å². The molecule has 0 spiro atoms. The molecule has 4 rings (SSSR count). The van der Waals surface area contributed by atoms with Gasteiger partial charge in [-0.25, -0.2) is 9.97 Å². The lowest BCUT2D eigenvalue weighted by Gasteiger charge is -2.27. The Morgan fingerprint density at radius 1 is 1.21 bits per heavy atom. The van der Waals surface area contributed by atoms with Crippen LogP contribution in [0.3, 0.4) is 0 Å². The van der Waals surface area contributed by atoms with Gasteiger partial charge < -0.3 is 4.90 Å². The number of benzene rings is 1. The number of carbonyl (C=O) groups excluding carboxylic acids is 1. The smallest absolute Gasteiger partial charge is 0.272 e. The summed E-state index contributed by atoms with van der Waals surface area (Å²) >= 11 is 0. The fourth-order valence-electron chi connectivity index (χ4n) is 3.02. The van der Waals surface area contributed by atoms with Crippen LogP contribution in [0.15, 0.2) is 48.9 Å². The van der Waals surface area contributed by atoms with Gasteiger partial charge in [-0.05, 0) is 6.07 Å². The van der Waals surface area contributed by atoms with Crippen LogP contribution in [-0.4, -0.2) is 37.1 Å². The molecule has 1 aliphatic heterocycles. The van der Waals surface area contributed by atoms with Crippen molar-refractivity contribution in [2.45, 2.75) is 13.0 Å².